The summed E-state index contributed by atoms with van der Waals surface area (Å²) in [6.45, 7) is 5.21. The molecule has 1 aliphatic rings. The number of nitrogens with two attached hydrogens (primary N) is 1. The summed E-state index contributed by atoms with van der Waals surface area (Å²) < 4.78 is 0. The fraction of sp³-hybridized carbons (Fsp3) is 0.684. The van der Waals surface area contributed by atoms with Gasteiger partial charge in [0, 0.05) is 20.6 Å². The maximum atomic E-state index is 12.7. The molecule has 0 aromatic rings. The number of hydrogen-bond acceptors (Lipinski definition) is 8. The molecule has 1 unspecified atom stereocenters. The van der Waals surface area contributed by atoms with Crippen molar-refractivity contribution in [2.24, 2.45) is 5.73 Å². The average Bonchev–Trinajstić information content (AvgIpc) is 3.20. The first-order valence-electron chi connectivity index (χ1n) is 10.1. The smallest absolute Gasteiger partial charge is 0.344 e. The summed E-state index contributed by atoms with van der Waals surface area (Å²) in [6, 6.07) is -3.60. The van der Waals surface area contributed by atoms with Crippen molar-refractivity contribution in [3.8, 4) is 0 Å². The van der Waals surface area contributed by atoms with Crippen LogP contribution in [0, 0.1) is 0 Å². The second-order valence-electron chi connectivity index (χ2n) is 8.02. The summed E-state index contributed by atoms with van der Waals surface area (Å²) in [4.78, 5) is 75.1. The Labute approximate surface area is 186 Å². The predicted octanol–water partition coefficient (Wildman–Crippen LogP) is -2.29. The van der Waals surface area contributed by atoms with Crippen LogP contribution >= 0.6 is 0 Å². The molecule has 0 bridgehead atoms. The first kappa shape index (κ1) is 27.0. The van der Waals surface area contributed by atoms with E-state index in [1.54, 1.807) is 0 Å². The van der Waals surface area contributed by atoms with Crippen molar-refractivity contribution >= 4 is 35.4 Å². The average molecular weight is 457 g/mol. The molecule has 0 aromatic carbocycles. The highest BCUT2D eigenvalue weighted by Gasteiger charge is 2.41. The van der Waals surface area contributed by atoms with E-state index < -0.39 is 59.2 Å². The van der Waals surface area contributed by atoms with Crippen LogP contribution in [0.3, 0.4) is 0 Å². The summed E-state index contributed by atoms with van der Waals surface area (Å²) in [5.41, 5.74) is 5.39. The number of aliphatic hydroxyl groups is 1. The van der Waals surface area contributed by atoms with E-state index in [4.69, 9.17) is 5.73 Å². The van der Waals surface area contributed by atoms with Gasteiger partial charge in [0.05, 0.1) is 6.04 Å². The number of nitrogens with one attached hydrogen (secondary N) is 2. The Hall–Kier alpha value is -3.06. The molecule has 32 heavy (non-hydrogen) atoms. The molecule has 13 nitrogen and oxygen atoms in total. The van der Waals surface area contributed by atoms with Crippen molar-refractivity contribution in [3.05, 3.63) is 0 Å². The quantitative estimate of drug-likeness (QED) is 0.254. The molecule has 1 saturated heterocycles. The highest BCUT2D eigenvalue weighted by atomic mass is 16.3. The van der Waals surface area contributed by atoms with E-state index >= 15 is 0 Å². The van der Waals surface area contributed by atoms with Gasteiger partial charge in [-0.3, -0.25) is 34.3 Å². The lowest BCUT2D eigenvalue weighted by molar-refractivity contribution is -0.154. The number of amides is 6. The normalized spacial score (nSPS) is 19.2. The number of carbonyl (C=O) groups is 6. The molecular weight excluding hydrogens is 424 g/mol. The number of likely N-dealkylation sites (tertiary alicyclic amines) is 1. The van der Waals surface area contributed by atoms with Gasteiger partial charge in [0.1, 0.15) is 12.1 Å². The third kappa shape index (κ3) is 6.01. The number of hydrogen-bond donors (Lipinski definition) is 4. The number of rotatable bonds is 6. The summed E-state index contributed by atoms with van der Waals surface area (Å²) in [5.74, 6) is -3.66. The molecule has 5 N–H and O–H groups in total. The summed E-state index contributed by atoms with van der Waals surface area (Å²) in [7, 11) is 2.23. The molecule has 0 aromatic heterocycles. The number of Topliss-reactive ketones (excluding diaryl/α,β-unsaturated/α-hetero) is 1. The number of imide groups is 1. The van der Waals surface area contributed by atoms with Crippen LogP contribution in [-0.4, -0.2) is 99.7 Å². The predicted molar refractivity (Wildman–Crippen MR) is 111 cm³/mol. The van der Waals surface area contributed by atoms with Gasteiger partial charge in [-0.05, 0) is 40.5 Å². The Kier molecular flexibility index (Phi) is 8.85. The third-order valence-corrected chi connectivity index (χ3v) is 5.24. The Bertz CT molecular complexity index is 797. The molecule has 1 aliphatic heterocycles. The van der Waals surface area contributed by atoms with Gasteiger partial charge in [-0.1, -0.05) is 0 Å². The number of carbonyl (C=O) groups excluding carboxylic acids is 6. The van der Waals surface area contributed by atoms with Gasteiger partial charge in [-0.15, -0.1) is 0 Å². The number of likely N-dealkylation sites (N-methyl/N-ethyl adjacent to an activating group) is 1. The van der Waals surface area contributed by atoms with Gasteiger partial charge in [0.15, 0.2) is 11.4 Å². The Balaban J connectivity index is 2.82. The Morgan fingerprint density at radius 3 is 2.22 bits per heavy atom. The largest absolute Gasteiger partial charge is 0.373 e. The summed E-state index contributed by atoms with van der Waals surface area (Å²) in [5, 5.41) is 13.2. The van der Waals surface area contributed by atoms with E-state index in [-0.39, 0.29) is 6.54 Å². The summed E-state index contributed by atoms with van der Waals surface area (Å²) in [6.07, 6.45) is 0.872. The Morgan fingerprint density at radius 2 is 1.72 bits per heavy atom. The number of hydrazine groups is 1. The Morgan fingerprint density at radius 1 is 1.16 bits per heavy atom. The maximum absolute atomic E-state index is 12.7. The van der Waals surface area contributed by atoms with Crippen LogP contribution < -0.4 is 16.5 Å². The van der Waals surface area contributed by atoms with E-state index in [0.29, 0.717) is 17.7 Å². The standard InChI is InChI=1S/C19H32N6O7/c1-10(20)14(27)21-11(2)16(29)25-9-7-8-13(25)15(28)22-24(6)18(31)23(5)17(30)19(4,32)12(3)26/h10-11,13,32H,7-9,20H2,1-6H3,(H,21,27)(H,22,28)/t10-,11-,13-,19?/m0/s1. The van der Waals surface area contributed by atoms with Crippen molar-refractivity contribution in [3.63, 3.8) is 0 Å². The minimum absolute atomic E-state index is 0.285. The molecule has 1 heterocycles. The minimum atomic E-state index is -2.40. The van der Waals surface area contributed by atoms with Crippen LogP contribution in [0.2, 0.25) is 0 Å². The molecule has 4 atom stereocenters. The van der Waals surface area contributed by atoms with Crippen molar-refractivity contribution in [1.82, 2.24) is 25.6 Å². The molecule has 0 aliphatic carbocycles. The molecule has 0 saturated carbocycles. The lowest BCUT2D eigenvalue weighted by Gasteiger charge is -2.31. The molecule has 0 spiro atoms. The zero-order valence-corrected chi connectivity index (χ0v) is 19.2. The fourth-order valence-corrected chi connectivity index (χ4v) is 3.04. The second kappa shape index (κ2) is 10.5. The van der Waals surface area contributed by atoms with Crippen molar-refractivity contribution in [1.29, 1.82) is 0 Å². The van der Waals surface area contributed by atoms with Gasteiger partial charge < -0.3 is 21.1 Å². The topological polar surface area (TPSA) is 182 Å². The van der Waals surface area contributed by atoms with Crippen LogP contribution in [0.5, 0.6) is 0 Å². The molecule has 1 rings (SSSR count). The first-order valence-corrected chi connectivity index (χ1v) is 10.1. The lowest BCUT2D eigenvalue weighted by atomic mass is 10.0. The zero-order valence-electron chi connectivity index (χ0n) is 19.2. The number of urea groups is 1. The molecule has 180 valence electrons. The van der Waals surface area contributed by atoms with Crippen LogP contribution in [0.25, 0.3) is 0 Å². The van der Waals surface area contributed by atoms with Crippen LogP contribution in [0.15, 0.2) is 0 Å². The van der Waals surface area contributed by atoms with Crippen LogP contribution in [0.1, 0.15) is 40.5 Å². The highest BCUT2D eigenvalue weighted by molar-refractivity contribution is 6.12. The second-order valence-corrected chi connectivity index (χ2v) is 8.02. The van der Waals surface area contributed by atoms with Gasteiger partial charge in [-0.25, -0.2) is 9.80 Å². The third-order valence-electron chi connectivity index (χ3n) is 5.24. The summed E-state index contributed by atoms with van der Waals surface area (Å²) >= 11 is 0. The minimum Gasteiger partial charge on any atom is -0.373 e. The van der Waals surface area contributed by atoms with Crippen LogP contribution in [0.4, 0.5) is 4.79 Å². The van der Waals surface area contributed by atoms with Crippen LogP contribution in [-0.2, 0) is 24.0 Å². The van der Waals surface area contributed by atoms with Crippen molar-refractivity contribution in [2.45, 2.75) is 64.3 Å². The number of ketones is 1. The van der Waals surface area contributed by atoms with Gasteiger partial charge in [0.2, 0.25) is 11.8 Å². The van der Waals surface area contributed by atoms with Gasteiger partial charge in [-0.2, -0.15) is 0 Å². The zero-order chi connectivity index (χ0) is 25.0. The molecule has 13 heteroatoms. The van der Waals surface area contributed by atoms with Gasteiger partial charge in [0.25, 0.3) is 11.8 Å². The molecular formula is C19H32N6O7. The SMILES string of the molecule is CC(=O)C(C)(O)C(=O)N(C)C(=O)N(C)NC(=O)[C@@H]1CCCN1C(=O)[C@H](C)NC(=O)[C@H](C)N. The first-order chi connectivity index (χ1) is 14.6. The molecule has 0 radical (unpaired) electrons. The highest BCUT2D eigenvalue weighted by Crippen LogP contribution is 2.19. The number of nitrogens with zero attached hydrogens (tertiary/aromatic N) is 3. The van der Waals surface area contributed by atoms with E-state index in [9.17, 15) is 33.9 Å². The van der Waals surface area contributed by atoms with Crippen molar-refractivity contribution in [2.75, 3.05) is 20.6 Å². The fourth-order valence-electron chi connectivity index (χ4n) is 3.04. The van der Waals surface area contributed by atoms with Crippen molar-refractivity contribution < 1.29 is 33.9 Å². The van der Waals surface area contributed by atoms with E-state index in [0.717, 1.165) is 25.9 Å². The monoisotopic (exact) mass is 456 g/mol. The molecule has 6 amide bonds. The maximum Gasteiger partial charge on any atom is 0.344 e. The van der Waals surface area contributed by atoms with E-state index in [1.165, 1.54) is 25.8 Å². The lowest BCUT2D eigenvalue weighted by Crippen LogP contribution is -2.59. The molecule has 1 fully saturated rings. The van der Waals surface area contributed by atoms with Gasteiger partial charge >= 0.3 is 6.03 Å². The van der Waals surface area contributed by atoms with E-state index in [1.807, 2.05) is 0 Å². The van der Waals surface area contributed by atoms with E-state index in [2.05, 4.69) is 10.7 Å².